The Balaban J connectivity index is 1.81. The van der Waals surface area contributed by atoms with Gasteiger partial charge in [0.15, 0.2) is 0 Å². The Labute approximate surface area is 172 Å². The lowest BCUT2D eigenvalue weighted by molar-refractivity contribution is 0.102. The molecule has 0 radical (unpaired) electrons. The fourth-order valence-electron chi connectivity index (χ4n) is 3.06. The molecule has 1 amide bonds. The average molecular weight is 441 g/mol. The molecule has 9 heteroatoms. The Morgan fingerprint density at radius 2 is 1.89 bits per heavy atom. The summed E-state index contributed by atoms with van der Waals surface area (Å²) in [7, 11) is -4.66. The molecule has 3 rings (SSSR count). The van der Waals surface area contributed by atoms with Crippen LogP contribution in [0.1, 0.15) is 28.8 Å². The van der Waals surface area contributed by atoms with E-state index in [-0.39, 0.29) is 16.2 Å². The summed E-state index contributed by atoms with van der Waals surface area (Å²) in [5.41, 5.74) is 1.42. The molecule has 2 aromatic carbocycles. The normalized spacial score (nSPS) is 16.1. The van der Waals surface area contributed by atoms with Crippen LogP contribution >= 0.6 is 11.6 Å². The van der Waals surface area contributed by atoms with Gasteiger partial charge in [-0.2, -0.15) is 4.31 Å². The first kappa shape index (κ1) is 21.0. The molecule has 0 saturated carbocycles. The van der Waals surface area contributed by atoms with Gasteiger partial charge < -0.3 is 5.32 Å². The van der Waals surface area contributed by atoms with Crippen molar-refractivity contribution in [1.29, 1.82) is 0 Å². The van der Waals surface area contributed by atoms with Gasteiger partial charge in [-0.25, -0.2) is 8.42 Å². The number of sulfonamides is 1. The van der Waals surface area contributed by atoms with Crippen molar-refractivity contribution in [2.45, 2.75) is 23.5 Å². The van der Waals surface area contributed by atoms with E-state index in [9.17, 15) is 17.4 Å². The first-order valence-electron chi connectivity index (χ1n) is 8.77. The summed E-state index contributed by atoms with van der Waals surface area (Å²) in [4.78, 5) is 12.7. The minimum Gasteiger partial charge on any atom is -0.322 e. The Morgan fingerprint density at radius 1 is 1.18 bits per heavy atom. The molecule has 1 N–H and O–H groups in total. The maximum Gasteiger partial charge on any atom is 0.255 e. The van der Waals surface area contributed by atoms with Crippen LogP contribution in [-0.2, 0) is 26.6 Å². The summed E-state index contributed by atoms with van der Waals surface area (Å²) in [5, 5.41) is 3.22. The lowest BCUT2D eigenvalue weighted by Crippen LogP contribution is -2.28. The van der Waals surface area contributed by atoms with Crippen molar-refractivity contribution < 1.29 is 17.4 Å². The molecule has 0 aromatic heterocycles. The number of nitrogens with one attached hydrogen (secondary N) is 1. The number of carbonyl (C=O) groups is 1. The van der Waals surface area contributed by atoms with Crippen molar-refractivity contribution in [3.8, 4) is 0 Å². The maximum absolute atomic E-state index is 12.7. The summed E-state index contributed by atoms with van der Waals surface area (Å²) < 4.78 is 38.3. The molecule has 1 atom stereocenters. The topological polar surface area (TPSA) is 83.5 Å². The summed E-state index contributed by atoms with van der Waals surface area (Å²) in [6, 6.07) is 11.0. The predicted octanol–water partition coefficient (Wildman–Crippen LogP) is 3.26. The van der Waals surface area contributed by atoms with Crippen molar-refractivity contribution in [2.24, 2.45) is 0 Å². The SMILES string of the molecule is CS(=O)Cc1cc(NC(=O)c2cccc(S(=O)(=O)N3CCCC3)c2)ccc1Cl. The van der Waals surface area contributed by atoms with Crippen LogP contribution in [0.3, 0.4) is 0 Å². The molecule has 6 nitrogen and oxygen atoms in total. The molecule has 150 valence electrons. The molecule has 0 aliphatic carbocycles. The van der Waals surface area contributed by atoms with Crippen LogP contribution in [0.25, 0.3) is 0 Å². The molecule has 1 aliphatic rings. The van der Waals surface area contributed by atoms with Crippen LogP contribution in [0.2, 0.25) is 5.02 Å². The van der Waals surface area contributed by atoms with E-state index in [4.69, 9.17) is 11.6 Å². The molecule has 2 aromatic rings. The third kappa shape index (κ3) is 4.81. The Morgan fingerprint density at radius 3 is 2.57 bits per heavy atom. The number of benzene rings is 2. The Bertz CT molecular complexity index is 1020. The van der Waals surface area contributed by atoms with Crippen LogP contribution in [0, 0.1) is 0 Å². The van der Waals surface area contributed by atoms with E-state index in [1.54, 1.807) is 36.6 Å². The zero-order chi connectivity index (χ0) is 20.3. The second kappa shape index (κ2) is 8.73. The number of hydrogen-bond donors (Lipinski definition) is 1. The second-order valence-corrected chi connectivity index (χ2v) is 10.4. The lowest BCUT2D eigenvalue weighted by atomic mass is 10.2. The van der Waals surface area contributed by atoms with Crippen LogP contribution in [0.4, 0.5) is 5.69 Å². The number of halogens is 1. The highest BCUT2D eigenvalue weighted by atomic mass is 35.5. The van der Waals surface area contributed by atoms with Crippen molar-refractivity contribution in [3.05, 3.63) is 58.6 Å². The number of carbonyl (C=O) groups excluding carboxylic acids is 1. The number of nitrogens with zero attached hydrogens (tertiary/aromatic N) is 1. The highest BCUT2D eigenvalue weighted by molar-refractivity contribution is 7.89. The molecule has 1 heterocycles. The molecule has 1 unspecified atom stereocenters. The van der Waals surface area contributed by atoms with Crippen molar-refractivity contribution in [3.63, 3.8) is 0 Å². The summed E-state index contributed by atoms with van der Waals surface area (Å²) in [5.74, 6) is -0.143. The molecular weight excluding hydrogens is 420 g/mol. The summed E-state index contributed by atoms with van der Waals surface area (Å²) in [6.45, 7) is 1.01. The van der Waals surface area contributed by atoms with Crippen LogP contribution in [0.15, 0.2) is 47.4 Å². The van der Waals surface area contributed by atoms with Gasteiger partial charge in [0.05, 0.1) is 4.90 Å². The summed E-state index contributed by atoms with van der Waals surface area (Å²) in [6.07, 6.45) is 3.27. The molecule has 28 heavy (non-hydrogen) atoms. The minimum atomic E-state index is -3.59. The first-order valence-corrected chi connectivity index (χ1v) is 12.3. The van der Waals surface area contributed by atoms with E-state index < -0.39 is 26.7 Å². The highest BCUT2D eigenvalue weighted by Crippen LogP contribution is 2.24. The van der Waals surface area contributed by atoms with E-state index in [0.717, 1.165) is 12.8 Å². The number of anilines is 1. The monoisotopic (exact) mass is 440 g/mol. The van der Waals surface area contributed by atoms with E-state index in [0.29, 0.717) is 29.4 Å². The van der Waals surface area contributed by atoms with Gasteiger partial charge in [-0.05, 0) is 54.8 Å². The van der Waals surface area contributed by atoms with Gasteiger partial charge in [0.25, 0.3) is 5.91 Å². The molecular formula is C19H21ClN2O4S2. The van der Waals surface area contributed by atoms with Gasteiger partial charge in [0.1, 0.15) is 0 Å². The fraction of sp³-hybridized carbons (Fsp3) is 0.316. The maximum atomic E-state index is 12.7. The van der Waals surface area contributed by atoms with Crippen LogP contribution in [0.5, 0.6) is 0 Å². The van der Waals surface area contributed by atoms with Crippen molar-refractivity contribution in [2.75, 3.05) is 24.7 Å². The first-order chi connectivity index (χ1) is 13.3. The van der Waals surface area contributed by atoms with Gasteiger partial charge in [-0.1, -0.05) is 17.7 Å². The Hall–Kier alpha value is -1.74. The molecule has 1 aliphatic heterocycles. The zero-order valence-electron chi connectivity index (χ0n) is 15.4. The van der Waals surface area contributed by atoms with Gasteiger partial charge >= 0.3 is 0 Å². The fourth-order valence-corrected chi connectivity index (χ4v) is 5.56. The smallest absolute Gasteiger partial charge is 0.255 e. The second-order valence-electron chi connectivity index (χ2n) is 6.62. The Kier molecular flexibility index (Phi) is 6.54. The average Bonchev–Trinajstić information content (AvgIpc) is 3.20. The zero-order valence-corrected chi connectivity index (χ0v) is 17.7. The number of rotatable bonds is 6. The minimum absolute atomic E-state index is 0.111. The van der Waals surface area contributed by atoms with Gasteiger partial charge in [-0.3, -0.25) is 9.00 Å². The van der Waals surface area contributed by atoms with Crippen LogP contribution in [-0.4, -0.2) is 42.2 Å². The quantitative estimate of drug-likeness (QED) is 0.747. The lowest BCUT2D eigenvalue weighted by Gasteiger charge is -2.16. The van der Waals surface area contributed by atoms with Crippen LogP contribution < -0.4 is 5.32 Å². The number of amides is 1. The van der Waals surface area contributed by atoms with E-state index >= 15 is 0 Å². The molecule has 0 bridgehead atoms. The number of hydrogen-bond acceptors (Lipinski definition) is 4. The molecule has 0 spiro atoms. The molecule has 1 saturated heterocycles. The molecule has 1 fully saturated rings. The summed E-state index contributed by atoms with van der Waals surface area (Å²) >= 11 is 6.11. The van der Waals surface area contributed by atoms with Gasteiger partial charge in [0.2, 0.25) is 10.0 Å². The standard InChI is InChI=1S/C19H21ClN2O4S2/c1-27(24)13-15-11-16(7-8-18(15)20)21-19(23)14-5-4-6-17(12-14)28(25,26)22-9-2-3-10-22/h4-8,11-12H,2-3,9-10,13H2,1H3,(H,21,23). The van der Waals surface area contributed by atoms with Crippen molar-refractivity contribution >= 4 is 44.0 Å². The third-order valence-electron chi connectivity index (χ3n) is 4.46. The highest BCUT2D eigenvalue weighted by Gasteiger charge is 2.27. The van der Waals surface area contributed by atoms with Crippen molar-refractivity contribution in [1.82, 2.24) is 4.31 Å². The van der Waals surface area contributed by atoms with E-state index in [1.807, 2.05) is 0 Å². The van der Waals surface area contributed by atoms with E-state index in [1.165, 1.54) is 16.4 Å². The van der Waals surface area contributed by atoms with Gasteiger partial charge in [-0.15, -0.1) is 0 Å². The van der Waals surface area contributed by atoms with Gasteiger partial charge in [0, 0.05) is 52.2 Å². The predicted molar refractivity (Wildman–Crippen MR) is 112 cm³/mol. The largest absolute Gasteiger partial charge is 0.322 e. The third-order valence-corrected chi connectivity index (χ3v) is 7.44. The van der Waals surface area contributed by atoms with E-state index in [2.05, 4.69) is 5.32 Å².